The topological polar surface area (TPSA) is 20.3 Å². The molecule has 1 fully saturated rings. The predicted molar refractivity (Wildman–Crippen MR) is 36.6 cm³/mol. The van der Waals surface area contributed by atoms with Crippen LogP contribution in [-0.2, 0) is 4.79 Å². The number of β-lactam (4-membered cyclic amide) rings is 1. The molecule has 48 valence electrons. The number of carbonyl (C=O) groups is 1. The normalized spacial score (nSPS) is 31.7. The highest BCUT2D eigenvalue weighted by molar-refractivity contribution is 8.03. The van der Waals surface area contributed by atoms with Crippen LogP contribution in [0.25, 0.3) is 0 Å². The van der Waals surface area contributed by atoms with Crippen molar-refractivity contribution in [3.05, 3.63) is 11.1 Å². The Bertz CT molecular complexity index is 199. The summed E-state index contributed by atoms with van der Waals surface area (Å²) in [6.45, 7) is 2.04. The van der Waals surface area contributed by atoms with Crippen molar-refractivity contribution in [1.82, 2.24) is 4.90 Å². The molecule has 0 bridgehead atoms. The Morgan fingerprint density at radius 3 is 3.11 bits per heavy atom. The van der Waals surface area contributed by atoms with Crippen LogP contribution in [0.15, 0.2) is 11.1 Å². The molecule has 2 aliphatic heterocycles. The molecule has 1 amide bonds. The van der Waals surface area contributed by atoms with Crippen LogP contribution < -0.4 is 0 Å². The van der Waals surface area contributed by atoms with E-state index in [0.717, 1.165) is 6.42 Å². The van der Waals surface area contributed by atoms with E-state index in [1.54, 1.807) is 16.7 Å². The lowest BCUT2D eigenvalue weighted by Gasteiger charge is -2.31. The summed E-state index contributed by atoms with van der Waals surface area (Å²) in [5.74, 6) is 0.268. The Labute approximate surface area is 57.9 Å². The molecular formula is C6H7NOS. The van der Waals surface area contributed by atoms with Crippen LogP contribution in [-0.4, -0.2) is 16.2 Å². The summed E-state index contributed by atoms with van der Waals surface area (Å²) < 4.78 is 0. The lowest BCUT2D eigenvalue weighted by atomic mass is 10.2. The van der Waals surface area contributed by atoms with E-state index in [9.17, 15) is 4.79 Å². The number of rotatable bonds is 0. The maximum absolute atomic E-state index is 10.7. The van der Waals surface area contributed by atoms with Gasteiger partial charge in [0.05, 0.1) is 11.8 Å². The van der Waals surface area contributed by atoms with Gasteiger partial charge in [-0.1, -0.05) is 0 Å². The minimum atomic E-state index is 0.268. The van der Waals surface area contributed by atoms with Crippen LogP contribution in [0.2, 0.25) is 0 Å². The third kappa shape index (κ3) is 0.611. The monoisotopic (exact) mass is 141 g/mol. The minimum absolute atomic E-state index is 0.268. The van der Waals surface area contributed by atoms with Crippen LogP contribution in [0.3, 0.4) is 0 Å². The quantitative estimate of drug-likeness (QED) is 0.472. The number of allylic oxidation sites excluding steroid dienone is 1. The van der Waals surface area contributed by atoms with Crippen molar-refractivity contribution in [2.45, 2.75) is 18.7 Å². The maximum atomic E-state index is 10.7. The molecule has 0 N–H and O–H groups in total. The number of hydrogen-bond acceptors (Lipinski definition) is 2. The molecule has 1 saturated heterocycles. The predicted octanol–water partition coefficient (Wildman–Crippen LogP) is 1.15. The fourth-order valence-corrected chi connectivity index (χ4v) is 2.22. The van der Waals surface area contributed by atoms with Gasteiger partial charge in [0.25, 0.3) is 0 Å². The molecule has 0 aliphatic carbocycles. The van der Waals surface area contributed by atoms with E-state index in [2.05, 4.69) is 0 Å². The van der Waals surface area contributed by atoms with Gasteiger partial charge in [-0.25, -0.2) is 0 Å². The third-order valence-electron chi connectivity index (χ3n) is 1.59. The third-order valence-corrected chi connectivity index (χ3v) is 2.73. The molecule has 9 heavy (non-hydrogen) atoms. The molecule has 2 nitrogen and oxygen atoms in total. The van der Waals surface area contributed by atoms with Crippen molar-refractivity contribution in [2.75, 3.05) is 0 Å². The first kappa shape index (κ1) is 5.35. The molecule has 3 heteroatoms. The average Bonchev–Trinajstić information content (AvgIpc) is 2.08. The SMILES string of the molecule is CC1=CN2C(=O)C[C@H]2S1. The molecule has 2 rings (SSSR count). The molecule has 0 saturated carbocycles. The van der Waals surface area contributed by atoms with Crippen LogP contribution in [0.1, 0.15) is 13.3 Å². The summed E-state index contributed by atoms with van der Waals surface area (Å²) in [5, 5.41) is 0.456. The van der Waals surface area contributed by atoms with E-state index in [4.69, 9.17) is 0 Å². The van der Waals surface area contributed by atoms with Gasteiger partial charge < -0.3 is 4.90 Å². The highest BCUT2D eigenvalue weighted by Crippen LogP contribution is 2.40. The van der Waals surface area contributed by atoms with E-state index in [1.165, 1.54) is 4.91 Å². The van der Waals surface area contributed by atoms with Gasteiger partial charge in [-0.05, 0) is 6.92 Å². The first-order chi connectivity index (χ1) is 4.27. The fourth-order valence-electron chi connectivity index (χ4n) is 1.10. The highest BCUT2D eigenvalue weighted by atomic mass is 32.2. The standard InChI is InChI=1S/C6H7NOS/c1-4-3-7-5(8)2-6(7)9-4/h3,6H,2H2,1H3/t6-/m1/s1. The van der Waals surface area contributed by atoms with Crippen LogP contribution in [0.5, 0.6) is 0 Å². The fraction of sp³-hybridized carbons (Fsp3) is 0.500. The lowest BCUT2D eigenvalue weighted by molar-refractivity contribution is -0.137. The summed E-state index contributed by atoms with van der Waals surface area (Å²) in [4.78, 5) is 13.8. The Balaban J connectivity index is 2.21. The molecule has 0 aromatic carbocycles. The zero-order valence-corrected chi connectivity index (χ0v) is 5.94. The van der Waals surface area contributed by atoms with Gasteiger partial charge in [0.15, 0.2) is 0 Å². The summed E-state index contributed by atoms with van der Waals surface area (Å²) in [6.07, 6.45) is 2.67. The van der Waals surface area contributed by atoms with Crippen molar-refractivity contribution < 1.29 is 4.79 Å². The molecule has 0 aromatic rings. The number of amides is 1. The summed E-state index contributed by atoms with van der Waals surface area (Å²) in [6, 6.07) is 0. The first-order valence-electron chi connectivity index (χ1n) is 2.93. The zero-order chi connectivity index (χ0) is 6.43. The van der Waals surface area contributed by atoms with E-state index in [0.29, 0.717) is 5.37 Å². The summed E-state index contributed by atoms with van der Waals surface area (Å²) in [5.41, 5.74) is 0. The number of nitrogens with zero attached hydrogens (tertiary/aromatic N) is 1. The second kappa shape index (κ2) is 1.53. The van der Waals surface area contributed by atoms with Gasteiger partial charge in [0.1, 0.15) is 0 Å². The van der Waals surface area contributed by atoms with Crippen molar-refractivity contribution >= 4 is 17.7 Å². The molecular weight excluding hydrogens is 134 g/mol. The van der Waals surface area contributed by atoms with E-state index >= 15 is 0 Å². The second-order valence-corrected chi connectivity index (χ2v) is 3.74. The molecule has 0 spiro atoms. The Kier molecular flexibility index (Phi) is 0.913. The van der Waals surface area contributed by atoms with Gasteiger partial charge in [0.2, 0.25) is 5.91 Å². The maximum Gasteiger partial charge on any atom is 0.230 e. The summed E-state index contributed by atoms with van der Waals surface area (Å²) >= 11 is 1.79. The van der Waals surface area contributed by atoms with Crippen molar-refractivity contribution in [2.24, 2.45) is 0 Å². The van der Waals surface area contributed by atoms with Gasteiger partial charge in [-0.2, -0.15) is 0 Å². The number of fused-ring (bicyclic) bond motifs is 1. The molecule has 2 aliphatic rings. The van der Waals surface area contributed by atoms with Crippen LogP contribution in [0, 0.1) is 0 Å². The number of carbonyl (C=O) groups excluding carboxylic acids is 1. The van der Waals surface area contributed by atoms with Crippen molar-refractivity contribution in [1.29, 1.82) is 0 Å². The van der Waals surface area contributed by atoms with Crippen LogP contribution >= 0.6 is 11.8 Å². The Morgan fingerprint density at radius 1 is 1.89 bits per heavy atom. The second-order valence-electron chi connectivity index (χ2n) is 2.32. The van der Waals surface area contributed by atoms with Crippen molar-refractivity contribution in [3.8, 4) is 0 Å². The Hall–Kier alpha value is -0.440. The smallest absolute Gasteiger partial charge is 0.230 e. The lowest BCUT2D eigenvalue weighted by Crippen LogP contribution is -2.44. The van der Waals surface area contributed by atoms with E-state index in [-0.39, 0.29) is 5.91 Å². The highest BCUT2D eigenvalue weighted by Gasteiger charge is 2.39. The molecule has 0 aromatic heterocycles. The molecule has 1 atom stereocenters. The molecule has 0 radical (unpaired) electrons. The van der Waals surface area contributed by atoms with Gasteiger partial charge >= 0.3 is 0 Å². The van der Waals surface area contributed by atoms with Crippen LogP contribution in [0.4, 0.5) is 0 Å². The zero-order valence-electron chi connectivity index (χ0n) is 5.13. The number of hydrogen-bond donors (Lipinski definition) is 0. The van der Waals surface area contributed by atoms with E-state index in [1.807, 2.05) is 13.1 Å². The molecule has 2 heterocycles. The largest absolute Gasteiger partial charge is 0.305 e. The average molecular weight is 141 g/mol. The van der Waals surface area contributed by atoms with Gasteiger partial charge in [-0.3, -0.25) is 4.79 Å². The van der Waals surface area contributed by atoms with Gasteiger partial charge in [0, 0.05) is 11.1 Å². The van der Waals surface area contributed by atoms with Crippen molar-refractivity contribution in [3.63, 3.8) is 0 Å². The summed E-state index contributed by atoms with van der Waals surface area (Å²) in [7, 11) is 0. The van der Waals surface area contributed by atoms with Gasteiger partial charge in [-0.15, -0.1) is 11.8 Å². The number of thioether (sulfide) groups is 1. The minimum Gasteiger partial charge on any atom is -0.305 e. The first-order valence-corrected chi connectivity index (χ1v) is 3.81. The van der Waals surface area contributed by atoms with E-state index < -0.39 is 0 Å². The molecule has 0 unspecified atom stereocenters. The Morgan fingerprint density at radius 2 is 2.67 bits per heavy atom.